The highest BCUT2D eigenvalue weighted by atomic mass is 32.1. The summed E-state index contributed by atoms with van der Waals surface area (Å²) in [6.07, 6.45) is 3.83. The van der Waals surface area contributed by atoms with Crippen molar-refractivity contribution in [1.82, 2.24) is 20.4 Å². The van der Waals surface area contributed by atoms with Crippen molar-refractivity contribution in [3.63, 3.8) is 0 Å². The molecule has 3 aromatic rings. The molecule has 188 valence electrons. The molecule has 0 aliphatic carbocycles. The lowest BCUT2D eigenvalue weighted by Gasteiger charge is -2.31. The lowest BCUT2D eigenvalue weighted by molar-refractivity contribution is -0.122. The molecule has 0 saturated carbocycles. The zero-order valence-corrected chi connectivity index (χ0v) is 21.2. The van der Waals surface area contributed by atoms with Gasteiger partial charge in [-0.2, -0.15) is 0 Å². The maximum Gasteiger partial charge on any atom is 0.286 e. The highest BCUT2D eigenvalue weighted by Crippen LogP contribution is 2.23. The molecule has 8 nitrogen and oxygen atoms in total. The van der Waals surface area contributed by atoms with Crippen LogP contribution in [-0.2, 0) is 11.2 Å². The molecular formula is C27H31N5O3S. The largest absolute Gasteiger partial charge is 0.354 e. The quantitative estimate of drug-likeness (QED) is 0.454. The fraction of sp³-hybridized carbons (Fsp3) is 0.370. The maximum atomic E-state index is 12.9. The van der Waals surface area contributed by atoms with Gasteiger partial charge >= 0.3 is 0 Å². The smallest absolute Gasteiger partial charge is 0.286 e. The summed E-state index contributed by atoms with van der Waals surface area (Å²) in [4.78, 5) is 39.5. The van der Waals surface area contributed by atoms with Crippen molar-refractivity contribution in [3.8, 4) is 0 Å². The van der Waals surface area contributed by atoms with Gasteiger partial charge in [-0.25, -0.2) is 0 Å². The first-order valence-corrected chi connectivity index (χ1v) is 13.1. The van der Waals surface area contributed by atoms with Gasteiger partial charge in [0.05, 0.1) is 0 Å². The van der Waals surface area contributed by atoms with Crippen molar-refractivity contribution in [2.45, 2.75) is 45.1 Å². The molecule has 0 radical (unpaired) electrons. The molecule has 0 spiro atoms. The summed E-state index contributed by atoms with van der Waals surface area (Å²) >= 11 is 0.994. The number of carbonyl (C=O) groups is 3. The Morgan fingerprint density at radius 3 is 2.31 bits per heavy atom. The number of nitrogens with one attached hydrogen (secondary N) is 2. The number of para-hydroxylation sites is 1. The van der Waals surface area contributed by atoms with Gasteiger partial charge in [0.2, 0.25) is 15.9 Å². The van der Waals surface area contributed by atoms with Crippen molar-refractivity contribution in [2.24, 2.45) is 5.92 Å². The Labute approximate surface area is 215 Å². The first kappa shape index (κ1) is 25.5. The van der Waals surface area contributed by atoms with Gasteiger partial charge in [-0.1, -0.05) is 59.9 Å². The predicted molar refractivity (Wildman–Crippen MR) is 140 cm³/mol. The molecule has 2 heterocycles. The number of hydrogen-bond donors (Lipinski definition) is 2. The first-order chi connectivity index (χ1) is 17.5. The number of likely N-dealkylation sites (tertiary alicyclic amines) is 1. The average molecular weight is 506 g/mol. The second-order valence-corrected chi connectivity index (χ2v) is 10.1. The Hall–Kier alpha value is -3.59. The number of amides is 3. The highest BCUT2D eigenvalue weighted by Gasteiger charge is 2.28. The normalized spacial score (nSPS) is 14.8. The SMILES string of the molecule is C[C@H](CCc1ccccc1)NC(=O)CC1CCN(C(=O)c2nnc(C(=O)Nc3ccccc3)s2)CC1. The van der Waals surface area contributed by atoms with Crippen LogP contribution in [0.2, 0.25) is 0 Å². The van der Waals surface area contributed by atoms with Gasteiger partial charge in [-0.3, -0.25) is 14.4 Å². The summed E-state index contributed by atoms with van der Waals surface area (Å²) in [7, 11) is 0. The van der Waals surface area contributed by atoms with E-state index in [-0.39, 0.29) is 39.7 Å². The van der Waals surface area contributed by atoms with Crippen LogP contribution in [0.5, 0.6) is 0 Å². The van der Waals surface area contributed by atoms with Crippen LogP contribution in [0.3, 0.4) is 0 Å². The van der Waals surface area contributed by atoms with Crippen LogP contribution in [0.4, 0.5) is 5.69 Å². The number of rotatable bonds is 9. The molecule has 36 heavy (non-hydrogen) atoms. The van der Waals surface area contributed by atoms with Crippen molar-refractivity contribution < 1.29 is 14.4 Å². The zero-order valence-electron chi connectivity index (χ0n) is 20.4. The van der Waals surface area contributed by atoms with E-state index in [2.05, 4.69) is 33.0 Å². The summed E-state index contributed by atoms with van der Waals surface area (Å²) in [5.41, 5.74) is 1.93. The zero-order chi connectivity index (χ0) is 25.3. The summed E-state index contributed by atoms with van der Waals surface area (Å²) in [5.74, 6) is -0.292. The molecule has 1 saturated heterocycles. The fourth-order valence-corrected chi connectivity index (χ4v) is 4.99. The molecule has 2 N–H and O–H groups in total. The first-order valence-electron chi connectivity index (χ1n) is 12.3. The molecule has 2 aromatic carbocycles. The minimum absolute atomic E-state index is 0.0681. The summed E-state index contributed by atoms with van der Waals surface area (Å²) in [6.45, 7) is 3.16. The van der Waals surface area contributed by atoms with Crippen molar-refractivity contribution in [1.29, 1.82) is 0 Å². The fourth-order valence-electron chi connectivity index (χ4n) is 4.28. The Bertz CT molecular complexity index is 1160. The summed E-state index contributed by atoms with van der Waals surface area (Å²) in [6, 6.07) is 19.5. The van der Waals surface area contributed by atoms with Crippen LogP contribution in [0, 0.1) is 5.92 Å². The molecule has 3 amide bonds. The summed E-state index contributed by atoms with van der Waals surface area (Å²) < 4.78 is 0. The van der Waals surface area contributed by atoms with E-state index < -0.39 is 0 Å². The van der Waals surface area contributed by atoms with Crippen LogP contribution in [0.15, 0.2) is 60.7 Å². The maximum absolute atomic E-state index is 12.9. The number of piperidine rings is 1. The number of hydrogen-bond acceptors (Lipinski definition) is 6. The number of benzene rings is 2. The Morgan fingerprint density at radius 1 is 0.972 bits per heavy atom. The van der Waals surface area contributed by atoms with Crippen molar-refractivity contribution in [3.05, 3.63) is 76.2 Å². The van der Waals surface area contributed by atoms with E-state index in [0.717, 1.165) is 37.0 Å². The van der Waals surface area contributed by atoms with Crippen molar-refractivity contribution in [2.75, 3.05) is 18.4 Å². The second kappa shape index (κ2) is 12.4. The number of carbonyl (C=O) groups excluding carboxylic acids is 3. The minimum atomic E-state index is -0.388. The van der Waals surface area contributed by atoms with Crippen LogP contribution in [0.1, 0.15) is 57.8 Å². The van der Waals surface area contributed by atoms with Gasteiger partial charge in [0.15, 0.2) is 0 Å². The van der Waals surface area contributed by atoms with E-state index in [1.165, 1.54) is 5.56 Å². The molecule has 1 aliphatic rings. The third-order valence-corrected chi connectivity index (χ3v) is 7.24. The van der Waals surface area contributed by atoms with Crippen LogP contribution in [-0.4, -0.2) is 52.0 Å². The standard InChI is InChI=1S/C27H31N5O3S/c1-19(12-13-20-8-4-2-5-9-20)28-23(33)18-21-14-16-32(17-15-21)27(35)26-31-30-25(36-26)24(34)29-22-10-6-3-7-11-22/h2-11,19,21H,12-18H2,1H3,(H,28,33)(H,29,34)/t19-/m1/s1. The minimum Gasteiger partial charge on any atom is -0.354 e. The van der Waals surface area contributed by atoms with E-state index >= 15 is 0 Å². The van der Waals surface area contributed by atoms with Gasteiger partial charge in [-0.05, 0) is 56.2 Å². The van der Waals surface area contributed by atoms with E-state index in [1.807, 2.05) is 43.3 Å². The van der Waals surface area contributed by atoms with E-state index in [0.29, 0.717) is 25.2 Å². The average Bonchev–Trinajstić information content (AvgIpc) is 3.39. The Morgan fingerprint density at radius 2 is 1.61 bits per heavy atom. The van der Waals surface area contributed by atoms with Crippen molar-refractivity contribution >= 4 is 34.7 Å². The number of anilines is 1. The van der Waals surface area contributed by atoms with E-state index in [4.69, 9.17) is 0 Å². The number of aromatic nitrogens is 2. The predicted octanol–water partition coefficient (Wildman–Crippen LogP) is 4.17. The van der Waals surface area contributed by atoms with Gasteiger partial charge in [0.25, 0.3) is 11.8 Å². The third kappa shape index (κ3) is 7.21. The molecule has 0 bridgehead atoms. The van der Waals surface area contributed by atoms with E-state index in [9.17, 15) is 14.4 Å². The number of aryl methyl sites for hydroxylation is 1. The van der Waals surface area contributed by atoms with Crippen LogP contribution < -0.4 is 10.6 Å². The third-order valence-electron chi connectivity index (χ3n) is 6.33. The molecule has 4 rings (SSSR count). The molecule has 1 aliphatic heterocycles. The monoisotopic (exact) mass is 505 g/mol. The number of nitrogens with zero attached hydrogens (tertiary/aromatic N) is 3. The van der Waals surface area contributed by atoms with Gasteiger partial charge in [0.1, 0.15) is 0 Å². The topological polar surface area (TPSA) is 104 Å². The molecular weight excluding hydrogens is 474 g/mol. The lowest BCUT2D eigenvalue weighted by Crippen LogP contribution is -2.40. The molecule has 0 unspecified atom stereocenters. The molecule has 1 atom stereocenters. The van der Waals surface area contributed by atoms with Crippen LogP contribution in [0.25, 0.3) is 0 Å². The second-order valence-electron chi connectivity index (χ2n) is 9.17. The summed E-state index contributed by atoms with van der Waals surface area (Å²) in [5, 5.41) is 14.1. The van der Waals surface area contributed by atoms with E-state index in [1.54, 1.807) is 17.0 Å². The Balaban J connectivity index is 1.19. The van der Waals surface area contributed by atoms with Gasteiger partial charge in [-0.15, -0.1) is 10.2 Å². The Kier molecular flexibility index (Phi) is 8.78. The molecule has 9 heteroatoms. The van der Waals surface area contributed by atoms with Gasteiger partial charge < -0.3 is 15.5 Å². The van der Waals surface area contributed by atoms with Crippen LogP contribution >= 0.6 is 11.3 Å². The van der Waals surface area contributed by atoms with Gasteiger partial charge in [0, 0.05) is 31.2 Å². The molecule has 1 fully saturated rings. The lowest BCUT2D eigenvalue weighted by atomic mass is 9.93. The highest BCUT2D eigenvalue weighted by molar-refractivity contribution is 7.15. The molecule has 1 aromatic heterocycles.